The largest absolute Gasteiger partial charge is 0.493 e. The van der Waals surface area contributed by atoms with Gasteiger partial charge in [0.25, 0.3) is 5.91 Å². The maximum atomic E-state index is 11.9. The smallest absolute Gasteiger partial charge is 0.262 e. The van der Waals surface area contributed by atoms with Gasteiger partial charge in [0.05, 0.1) is 13.7 Å². The lowest BCUT2D eigenvalue weighted by atomic mass is 10.1. The summed E-state index contributed by atoms with van der Waals surface area (Å²) in [5.74, 6) is 1.23. The number of benzene rings is 1. The second-order valence-electron chi connectivity index (χ2n) is 5.91. The van der Waals surface area contributed by atoms with Crippen LogP contribution >= 0.6 is 0 Å². The monoisotopic (exact) mass is 316 g/mol. The van der Waals surface area contributed by atoms with Crippen LogP contribution in [0.4, 0.5) is 0 Å². The summed E-state index contributed by atoms with van der Waals surface area (Å²) in [5, 5.41) is 11.9. The molecule has 0 unspecified atom stereocenters. The van der Waals surface area contributed by atoms with Crippen molar-refractivity contribution in [2.24, 2.45) is 5.92 Å². The number of carbonyl (C=O) groups excluding carboxylic acids is 1. The van der Waals surface area contributed by atoms with E-state index in [4.69, 9.17) is 14.7 Å². The molecule has 1 aromatic rings. The zero-order chi connectivity index (χ0) is 17.4. The molecule has 0 radical (unpaired) electrons. The van der Waals surface area contributed by atoms with Crippen molar-refractivity contribution in [3.63, 3.8) is 0 Å². The molecule has 1 rings (SSSR count). The van der Waals surface area contributed by atoms with Gasteiger partial charge in [-0.25, -0.2) is 0 Å². The molecule has 23 heavy (non-hydrogen) atoms. The number of ether oxygens (including phenoxy) is 2. The molecule has 5 nitrogen and oxygen atoms in total. The van der Waals surface area contributed by atoms with Crippen LogP contribution in [0.1, 0.15) is 33.3 Å². The molecule has 0 fully saturated rings. The Kier molecular flexibility index (Phi) is 7.14. The lowest BCUT2D eigenvalue weighted by molar-refractivity contribution is -0.117. The third-order valence-electron chi connectivity index (χ3n) is 2.86. The number of hydrogen-bond acceptors (Lipinski definition) is 4. The highest BCUT2D eigenvalue weighted by Gasteiger charge is 2.11. The minimum absolute atomic E-state index is 0.0272. The minimum atomic E-state index is -0.387. The first-order valence-electron chi connectivity index (χ1n) is 7.60. The summed E-state index contributed by atoms with van der Waals surface area (Å²) in [6, 6.07) is 7.21. The molecule has 124 valence electrons. The fourth-order valence-electron chi connectivity index (χ4n) is 1.80. The first kappa shape index (κ1) is 18.6. The molecule has 0 bridgehead atoms. The van der Waals surface area contributed by atoms with Crippen LogP contribution in [0.25, 0.3) is 6.08 Å². The molecule has 0 aromatic heterocycles. The highest BCUT2D eigenvalue weighted by atomic mass is 16.5. The molecular formula is C18H24N2O3. The number of rotatable bonds is 7. The molecular weight excluding hydrogens is 292 g/mol. The summed E-state index contributed by atoms with van der Waals surface area (Å²) < 4.78 is 11.0. The molecule has 1 amide bonds. The summed E-state index contributed by atoms with van der Waals surface area (Å²) >= 11 is 0. The highest BCUT2D eigenvalue weighted by Crippen LogP contribution is 2.29. The summed E-state index contributed by atoms with van der Waals surface area (Å²) in [5.41, 5.74) is 0.755. The van der Waals surface area contributed by atoms with Crippen LogP contribution in [0.15, 0.2) is 23.8 Å². The van der Waals surface area contributed by atoms with Gasteiger partial charge in [0, 0.05) is 6.04 Å². The lowest BCUT2D eigenvalue weighted by Gasteiger charge is -2.13. The Labute approximate surface area is 137 Å². The Morgan fingerprint density at radius 1 is 1.30 bits per heavy atom. The standard InChI is InChI=1S/C18H24N2O3/c1-12(2)11-23-16-7-6-14(9-17(16)22-5)8-15(10-19)18(21)20-13(3)4/h6-9,12-13H,11H2,1-5H3,(H,20,21)/b15-8+. The molecule has 0 saturated carbocycles. The van der Waals surface area contributed by atoms with Gasteiger partial charge in [0.1, 0.15) is 11.6 Å². The summed E-state index contributed by atoms with van der Waals surface area (Å²) in [6.07, 6.45) is 1.53. The van der Waals surface area contributed by atoms with Gasteiger partial charge < -0.3 is 14.8 Å². The van der Waals surface area contributed by atoms with Crippen molar-refractivity contribution >= 4 is 12.0 Å². The fraction of sp³-hybridized carbons (Fsp3) is 0.444. The number of methoxy groups -OCH3 is 1. The van der Waals surface area contributed by atoms with Gasteiger partial charge in [-0.15, -0.1) is 0 Å². The van der Waals surface area contributed by atoms with E-state index in [2.05, 4.69) is 19.2 Å². The van der Waals surface area contributed by atoms with E-state index in [1.54, 1.807) is 25.3 Å². The predicted molar refractivity (Wildman–Crippen MR) is 90.2 cm³/mol. The second-order valence-corrected chi connectivity index (χ2v) is 5.91. The second kappa shape index (κ2) is 8.84. The van der Waals surface area contributed by atoms with Gasteiger partial charge in [-0.2, -0.15) is 5.26 Å². The minimum Gasteiger partial charge on any atom is -0.493 e. The number of nitriles is 1. The van der Waals surface area contributed by atoms with E-state index in [1.807, 2.05) is 19.9 Å². The quantitative estimate of drug-likeness (QED) is 0.619. The van der Waals surface area contributed by atoms with E-state index in [0.29, 0.717) is 29.6 Å². The highest BCUT2D eigenvalue weighted by molar-refractivity contribution is 6.01. The third-order valence-corrected chi connectivity index (χ3v) is 2.86. The van der Waals surface area contributed by atoms with Crippen molar-refractivity contribution in [1.82, 2.24) is 5.32 Å². The number of amides is 1. The van der Waals surface area contributed by atoms with E-state index in [0.717, 1.165) is 0 Å². The van der Waals surface area contributed by atoms with Crippen LogP contribution < -0.4 is 14.8 Å². The van der Waals surface area contributed by atoms with Crippen LogP contribution in [0, 0.1) is 17.2 Å². The van der Waals surface area contributed by atoms with Crippen LogP contribution in [-0.2, 0) is 4.79 Å². The van der Waals surface area contributed by atoms with E-state index in [9.17, 15) is 4.79 Å². The number of hydrogen-bond donors (Lipinski definition) is 1. The van der Waals surface area contributed by atoms with Crippen LogP contribution in [-0.4, -0.2) is 25.7 Å². The van der Waals surface area contributed by atoms with Crippen molar-refractivity contribution in [2.75, 3.05) is 13.7 Å². The van der Waals surface area contributed by atoms with E-state index in [1.165, 1.54) is 6.08 Å². The summed E-state index contributed by atoms with van der Waals surface area (Å²) in [7, 11) is 1.56. The first-order chi connectivity index (χ1) is 10.9. The van der Waals surface area contributed by atoms with E-state index in [-0.39, 0.29) is 17.5 Å². The first-order valence-corrected chi connectivity index (χ1v) is 7.60. The molecule has 1 aromatic carbocycles. The fourth-order valence-corrected chi connectivity index (χ4v) is 1.80. The van der Waals surface area contributed by atoms with Gasteiger partial charge >= 0.3 is 0 Å². The zero-order valence-electron chi connectivity index (χ0n) is 14.3. The average Bonchev–Trinajstić information content (AvgIpc) is 2.49. The summed E-state index contributed by atoms with van der Waals surface area (Å²) in [6.45, 7) is 8.41. The van der Waals surface area contributed by atoms with Gasteiger partial charge in [-0.05, 0) is 43.5 Å². The third kappa shape index (κ3) is 6.03. The van der Waals surface area contributed by atoms with Crippen molar-refractivity contribution in [2.45, 2.75) is 33.7 Å². The van der Waals surface area contributed by atoms with E-state index < -0.39 is 0 Å². The number of carbonyl (C=O) groups is 1. The average molecular weight is 316 g/mol. The molecule has 0 aliphatic heterocycles. The summed E-state index contributed by atoms with van der Waals surface area (Å²) in [4.78, 5) is 11.9. The topological polar surface area (TPSA) is 71.3 Å². The Hall–Kier alpha value is -2.48. The number of nitrogens with zero attached hydrogens (tertiary/aromatic N) is 1. The molecule has 0 heterocycles. The van der Waals surface area contributed by atoms with Gasteiger partial charge in [0.2, 0.25) is 0 Å². The van der Waals surface area contributed by atoms with Crippen LogP contribution in [0.3, 0.4) is 0 Å². The molecule has 0 saturated heterocycles. The van der Waals surface area contributed by atoms with E-state index >= 15 is 0 Å². The Balaban J connectivity index is 3.02. The Morgan fingerprint density at radius 2 is 2.00 bits per heavy atom. The molecule has 0 spiro atoms. The van der Waals surface area contributed by atoms with Gasteiger partial charge in [-0.3, -0.25) is 4.79 Å². The zero-order valence-corrected chi connectivity index (χ0v) is 14.3. The predicted octanol–water partition coefficient (Wildman–Crippen LogP) is 3.16. The maximum Gasteiger partial charge on any atom is 0.262 e. The van der Waals surface area contributed by atoms with Gasteiger partial charge in [0.15, 0.2) is 11.5 Å². The van der Waals surface area contributed by atoms with Crippen molar-refractivity contribution < 1.29 is 14.3 Å². The van der Waals surface area contributed by atoms with Crippen LogP contribution in [0.2, 0.25) is 0 Å². The Bertz CT molecular complexity index is 613. The van der Waals surface area contributed by atoms with Crippen molar-refractivity contribution in [3.05, 3.63) is 29.3 Å². The molecule has 0 atom stereocenters. The molecule has 0 aliphatic carbocycles. The van der Waals surface area contributed by atoms with Crippen molar-refractivity contribution in [1.29, 1.82) is 5.26 Å². The number of nitrogens with one attached hydrogen (secondary N) is 1. The van der Waals surface area contributed by atoms with Crippen LogP contribution in [0.5, 0.6) is 11.5 Å². The molecule has 0 aliphatic rings. The molecule has 5 heteroatoms. The van der Waals surface area contributed by atoms with Gasteiger partial charge in [-0.1, -0.05) is 19.9 Å². The molecule has 1 N–H and O–H groups in total. The Morgan fingerprint density at radius 3 is 2.52 bits per heavy atom. The normalized spacial score (nSPS) is 11.3. The SMILES string of the molecule is COc1cc(/C=C(\C#N)C(=O)NC(C)C)ccc1OCC(C)C. The maximum absolute atomic E-state index is 11.9. The lowest BCUT2D eigenvalue weighted by Crippen LogP contribution is -2.30. The van der Waals surface area contributed by atoms with Crippen molar-refractivity contribution in [3.8, 4) is 17.6 Å².